The molecule has 1 aromatic carbocycles. The number of piperidine rings is 1. The summed E-state index contributed by atoms with van der Waals surface area (Å²) in [7, 11) is 1.97. The average molecular weight is 337 g/mol. The molecule has 1 heterocycles. The van der Waals surface area contributed by atoms with Crippen molar-refractivity contribution in [2.45, 2.75) is 24.2 Å². The van der Waals surface area contributed by atoms with Gasteiger partial charge < -0.3 is 10.2 Å². The number of thioether (sulfide) groups is 1. The molecule has 1 N–H and O–H groups in total. The van der Waals surface area contributed by atoms with Crippen LogP contribution in [-0.4, -0.2) is 48.2 Å². The standard InChI is InChI=1S/C16H23N3O3S/c1-17-9-6-13-7-10-18(11-8-13)16(20)12-23-15-4-2-14(3-5-15)19(21)22/h2-5,13,17H,6-12H2,1H3. The lowest BCUT2D eigenvalue weighted by molar-refractivity contribution is -0.384. The molecule has 1 saturated heterocycles. The second-order valence-corrected chi connectivity index (χ2v) is 6.80. The van der Waals surface area contributed by atoms with Crippen LogP contribution in [0.5, 0.6) is 0 Å². The van der Waals surface area contributed by atoms with Gasteiger partial charge in [-0.15, -0.1) is 11.8 Å². The summed E-state index contributed by atoms with van der Waals surface area (Å²) in [5, 5.41) is 13.8. The van der Waals surface area contributed by atoms with Gasteiger partial charge in [0, 0.05) is 30.1 Å². The predicted molar refractivity (Wildman–Crippen MR) is 91.7 cm³/mol. The van der Waals surface area contributed by atoms with E-state index in [-0.39, 0.29) is 11.6 Å². The number of carbonyl (C=O) groups excluding carboxylic acids is 1. The van der Waals surface area contributed by atoms with Gasteiger partial charge in [0.25, 0.3) is 5.69 Å². The van der Waals surface area contributed by atoms with Gasteiger partial charge >= 0.3 is 0 Å². The van der Waals surface area contributed by atoms with E-state index >= 15 is 0 Å². The molecule has 126 valence electrons. The molecule has 0 aliphatic carbocycles. The van der Waals surface area contributed by atoms with E-state index in [9.17, 15) is 14.9 Å². The van der Waals surface area contributed by atoms with Gasteiger partial charge in [0.2, 0.25) is 5.91 Å². The molecule has 0 saturated carbocycles. The Bertz CT molecular complexity index is 528. The first-order valence-electron chi connectivity index (χ1n) is 7.89. The third-order valence-electron chi connectivity index (χ3n) is 4.18. The number of hydrogen-bond acceptors (Lipinski definition) is 5. The lowest BCUT2D eigenvalue weighted by Gasteiger charge is -2.32. The number of carbonyl (C=O) groups is 1. The summed E-state index contributed by atoms with van der Waals surface area (Å²) < 4.78 is 0. The van der Waals surface area contributed by atoms with Crippen molar-refractivity contribution >= 4 is 23.4 Å². The first-order chi connectivity index (χ1) is 11.1. The van der Waals surface area contributed by atoms with E-state index in [0.29, 0.717) is 11.7 Å². The van der Waals surface area contributed by atoms with Crippen LogP contribution in [0.4, 0.5) is 5.69 Å². The van der Waals surface area contributed by atoms with E-state index in [1.807, 2.05) is 11.9 Å². The molecule has 1 aliphatic heterocycles. The molecule has 0 aromatic heterocycles. The van der Waals surface area contributed by atoms with E-state index in [0.717, 1.165) is 37.4 Å². The summed E-state index contributed by atoms with van der Waals surface area (Å²) in [6, 6.07) is 6.33. The van der Waals surface area contributed by atoms with Crippen molar-refractivity contribution in [2.24, 2.45) is 5.92 Å². The Labute approximate surface area is 140 Å². The van der Waals surface area contributed by atoms with Crippen molar-refractivity contribution in [1.82, 2.24) is 10.2 Å². The van der Waals surface area contributed by atoms with Crippen LogP contribution in [0.3, 0.4) is 0 Å². The molecule has 0 bridgehead atoms. The Morgan fingerprint density at radius 2 is 2.00 bits per heavy atom. The normalized spacial score (nSPS) is 15.6. The largest absolute Gasteiger partial charge is 0.342 e. The van der Waals surface area contributed by atoms with Gasteiger partial charge in [-0.05, 0) is 50.9 Å². The van der Waals surface area contributed by atoms with Crippen LogP contribution in [0.2, 0.25) is 0 Å². The van der Waals surface area contributed by atoms with Gasteiger partial charge in [0.1, 0.15) is 0 Å². The minimum absolute atomic E-state index is 0.0734. The molecule has 1 aliphatic rings. The Morgan fingerprint density at radius 3 is 2.57 bits per heavy atom. The monoisotopic (exact) mass is 337 g/mol. The molecular formula is C16H23N3O3S. The zero-order valence-electron chi connectivity index (χ0n) is 13.4. The van der Waals surface area contributed by atoms with E-state index in [4.69, 9.17) is 0 Å². The minimum atomic E-state index is -0.419. The number of rotatable bonds is 7. The highest BCUT2D eigenvalue weighted by atomic mass is 32.2. The fraction of sp³-hybridized carbons (Fsp3) is 0.562. The number of non-ortho nitro benzene ring substituents is 1. The van der Waals surface area contributed by atoms with Crippen molar-refractivity contribution in [3.8, 4) is 0 Å². The van der Waals surface area contributed by atoms with Crippen LogP contribution in [0.1, 0.15) is 19.3 Å². The van der Waals surface area contributed by atoms with E-state index < -0.39 is 4.92 Å². The average Bonchev–Trinajstić information content (AvgIpc) is 2.58. The summed E-state index contributed by atoms with van der Waals surface area (Å²) >= 11 is 1.43. The third kappa shape index (κ3) is 5.51. The summed E-state index contributed by atoms with van der Waals surface area (Å²) in [4.78, 5) is 25.3. The van der Waals surface area contributed by atoms with Gasteiger partial charge in [0.15, 0.2) is 0 Å². The summed E-state index contributed by atoms with van der Waals surface area (Å²) in [6.45, 7) is 2.72. The number of benzene rings is 1. The van der Waals surface area contributed by atoms with E-state index in [1.165, 1.54) is 30.3 Å². The molecular weight excluding hydrogens is 314 g/mol. The van der Waals surface area contributed by atoms with Gasteiger partial charge in [-0.25, -0.2) is 0 Å². The third-order valence-corrected chi connectivity index (χ3v) is 5.18. The molecule has 7 heteroatoms. The number of amides is 1. The number of nitro groups is 1. The zero-order valence-corrected chi connectivity index (χ0v) is 14.2. The van der Waals surface area contributed by atoms with E-state index in [1.54, 1.807) is 12.1 Å². The maximum atomic E-state index is 12.3. The summed E-state index contributed by atoms with van der Waals surface area (Å²) in [5.41, 5.74) is 0.0734. The molecule has 1 aromatic rings. The van der Waals surface area contributed by atoms with Crippen LogP contribution in [-0.2, 0) is 4.79 Å². The number of likely N-dealkylation sites (tertiary alicyclic amines) is 1. The van der Waals surface area contributed by atoms with Gasteiger partial charge in [0.05, 0.1) is 10.7 Å². The molecule has 23 heavy (non-hydrogen) atoms. The topological polar surface area (TPSA) is 75.5 Å². The molecule has 0 atom stereocenters. The number of nitrogens with zero attached hydrogens (tertiary/aromatic N) is 2. The van der Waals surface area contributed by atoms with Gasteiger partial charge in [-0.2, -0.15) is 0 Å². The van der Waals surface area contributed by atoms with Crippen molar-refractivity contribution in [2.75, 3.05) is 32.4 Å². The van der Waals surface area contributed by atoms with Gasteiger partial charge in [-0.3, -0.25) is 14.9 Å². The molecule has 1 fully saturated rings. The molecule has 0 spiro atoms. The number of hydrogen-bond donors (Lipinski definition) is 1. The Hall–Kier alpha value is -1.60. The molecule has 0 radical (unpaired) electrons. The first kappa shape index (κ1) is 17.7. The van der Waals surface area contributed by atoms with Crippen LogP contribution < -0.4 is 5.32 Å². The van der Waals surface area contributed by atoms with Crippen LogP contribution in [0.25, 0.3) is 0 Å². The SMILES string of the molecule is CNCCC1CCN(C(=O)CSc2ccc([N+](=O)[O-])cc2)CC1. The lowest BCUT2D eigenvalue weighted by Crippen LogP contribution is -2.39. The molecule has 0 unspecified atom stereocenters. The number of nitro benzene ring substituents is 1. The van der Waals surface area contributed by atoms with Gasteiger partial charge in [-0.1, -0.05) is 0 Å². The van der Waals surface area contributed by atoms with Crippen molar-refractivity contribution in [3.63, 3.8) is 0 Å². The van der Waals surface area contributed by atoms with Crippen LogP contribution >= 0.6 is 11.8 Å². The van der Waals surface area contributed by atoms with Crippen molar-refractivity contribution in [1.29, 1.82) is 0 Å². The Balaban J connectivity index is 1.74. The lowest BCUT2D eigenvalue weighted by atomic mass is 9.93. The van der Waals surface area contributed by atoms with Crippen LogP contribution in [0, 0.1) is 16.0 Å². The Morgan fingerprint density at radius 1 is 1.35 bits per heavy atom. The molecule has 6 nitrogen and oxygen atoms in total. The highest BCUT2D eigenvalue weighted by Crippen LogP contribution is 2.24. The smallest absolute Gasteiger partial charge is 0.269 e. The second kappa shape index (κ2) is 8.88. The highest BCUT2D eigenvalue weighted by Gasteiger charge is 2.22. The predicted octanol–water partition coefficient (Wildman–Crippen LogP) is 2.54. The first-order valence-corrected chi connectivity index (χ1v) is 8.88. The Kier molecular flexibility index (Phi) is 6.85. The fourth-order valence-corrected chi connectivity index (χ4v) is 3.52. The quantitative estimate of drug-likeness (QED) is 0.470. The van der Waals surface area contributed by atoms with Crippen molar-refractivity contribution in [3.05, 3.63) is 34.4 Å². The van der Waals surface area contributed by atoms with E-state index in [2.05, 4.69) is 5.32 Å². The zero-order chi connectivity index (χ0) is 16.7. The molecule has 1 amide bonds. The minimum Gasteiger partial charge on any atom is -0.342 e. The van der Waals surface area contributed by atoms with Crippen molar-refractivity contribution < 1.29 is 9.72 Å². The summed E-state index contributed by atoms with van der Waals surface area (Å²) in [5.74, 6) is 1.26. The number of nitrogens with one attached hydrogen (secondary N) is 1. The highest BCUT2D eigenvalue weighted by molar-refractivity contribution is 8.00. The summed E-state index contributed by atoms with van der Waals surface area (Å²) in [6.07, 6.45) is 3.33. The maximum Gasteiger partial charge on any atom is 0.269 e. The van der Waals surface area contributed by atoms with Crippen LogP contribution in [0.15, 0.2) is 29.2 Å². The maximum absolute atomic E-state index is 12.3. The molecule has 2 rings (SSSR count). The second-order valence-electron chi connectivity index (χ2n) is 5.76. The fourth-order valence-electron chi connectivity index (χ4n) is 2.72.